The zero-order valence-electron chi connectivity index (χ0n) is 11.1. The Bertz CT molecular complexity index is 656. The molecule has 1 aromatic heterocycles. The van der Waals surface area contributed by atoms with Crippen molar-refractivity contribution in [3.05, 3.63) is 39.8 Å². The summed E-state index contributed by atoms with van der Waals surface area (Å²) < 4.78 is 10.5. The van der Waals surface area contributed by atoms with Crippen LogP contribution in [0, 0.1) is 0 Å². The number of methoxy groups -OCH3 is 2. The number of H-pyrrole nitrogens is 1. The summed E-state index contributed by atoms with van der Waals surface area (Å²) in [5.74, 6) is 6.41. The summed E-state index contributed by atoms with van der Waals surface area (Å²) in [4.78, 5) is 14.3. The monoisotopic (exact) mass is 277 g/mol. The van der Waals surface area contributed by atoms with Crippen molar-refractivity contribution in [3.63, 3.8) is 0 Å². The Labute approximate surface area is 114 Å². The van der Waals surface area contributed by atoms with Gasteiger partial charge in [0.15, 0.2) is 11.5 Å². The molecule has 8 heteroatoms. The van der Waals surface area contributed by atoms with Crippen molar-refractivity contribution in [2.75, 3.05) is 19.6 Å². The topological polar surface area (TPSA) is 115 Å². The van der Waals surface area contributed by atoms with Crippen LogP contribution in [0.4, 0.5) is 5.95 Å². The highest BCUT2D eigenvalue weighted by Crippen LogP contribution is 2.31. The quantitative estimate of drug-likeness (QED) is 0.522. The SMILES string of the molecule is COc1cccc(Cc2nnc(NN)[nH]c2=O)c1OC. The number of hydrogen-bond donors (Lipinski definition) is 3. The van der Waals surface area contributed by atoms with Crippen molar-refractivity contribution < 1.29 is 9.47 Å². The summed E-state index contributed by atoms with van der Waals surface area (Å²) in [6.07, 6.45) is 0.271. The second kappa shape index (κ2) is 6.02. The molecule has 4 N–H and O–H groups in total. The van der Waals surface area contributed by atoms with E-state index in [0.717, 1.165) is 5.56 Å². The van der Waals surface area contributed by atoms with Gasteiger partial charge in [-0.25, -0.2) is 5.84 Å². The molecular weight excluding hydrogens is 262 g/mol. The van der Waals surface area contributed by atoms with Gasteiger partial charge in [0.1, 0.15) is 5.69 Å². The Kier molecular flexibility index (Phi) is 4.16. The molecule has 1 heterocycles. The maximum Gasteiger partial charge on any atom is 0.274 e. The predicted molar refractivity (Wildman–Crippen MR) is 72.8 cm³/mol. The molecule has 0 saturated heterocycles. The van der Waals surface area contributed by atoms with Crippen LogP contribution in [0.2, 0.25) is 0 Å². The summed E-state index contributed by atoms with van der Waals surface area (Å²) in [6.45, 7) is 0. The third-order valence-corrected chi connectivity index (χ3v) is 2.74. The van der Waals surface area contributed by atoms with Crippen LogP contribution in [-0.2, 0) is 6.42 Å². The van der Waals surface area contributed by atoms with E-state index < -0.39 is 0 Å². The van der Waals surface area contributed by atoms with Crippen molar-refractivity contribution in [1.82, 2.24) is 15.2 Å². The van der Waals surface area contributed by atoms with E-state index in [0.29, 0.717) is 11.5 Å². The van der Waals surface area contributed by atoms with Crippen LogP contribution in [0.3, 0.4) is 0 Å². The van der Waals surface area contributed by atoms with Gasteiger partial charge in [0, 0.05) is 12.0 Å². The number of aromatic nitrogens is 3. The highest BCUT2D eigenvalue weighted by molar-refractivity contribution is 5.47. The van der Waals surface area contributed by atoms with Crippen LogP contribution < -0.4 is 26.3 Å². The number of rotatable bonds is 5. The van der Waals surface area contributed by atoms with Gasteiger partial charge in [-0.05, 0) is 6.07 Å². The minimum absolute atomic E-state index is 0.108. The number of nitrogens with two attached hydrogens (primary N) is 1. The predicted octanol–water partition coefficient (Wildman–Crippen LogP) is 0.0585. The van der Waals surface area contributed by atoms with Crippen molar-refractivity contribution in [1.29, 1.82) is 0 Å². The van der Waals surface area contributed by atoms with E-state index >= 15 is 0 Å². The van der Waals surface area contributed by atoms with E-state index in [4.69, 9.17) is 15.3 Å². The molecule has 8 nitrogen and oxygen atoms in total. The smallest absolute Gasteiger partial charge is 0.274 e. The number of ether oxygens (including phenoxy) is 2. The molecule has 2 rings (SSSR count). The first-order chi connectivity index (χ1) is 9.69. The lowest BCUT2D eigenvalue weighted by atomic mass is 10.1. The van der Waals surface area contributed by atoms with E-state index in [1.165, 1.54) is 0 Å². The average Bonchev–Trinajstić information content (AvgIpc) is 2.48. The van der Waals surface area contributed by atoms with Crippen molar-refractivity contribution in [3.8, 4) is 11.5 Å². The Hall–Kier alpha value is -2.61. The standard InChI is InChI=1S/C12H15N5O3/c1-19-9-5-3-4-7(10(9)20-2)6-8-11(18)14-12(15-13)17-16-8/h3-5H,6,13H2,1-2H3,(H2,14,15,17,18). The molecule has 106 valence electrons. The van der Waals surface area contributed by atoms with Crippen LogP contribution in [0.15, 0.2) is 23.0 Å². The lowest BCUT2D eigenvalue weighted by Crippen LogP contribution is -2.22. The minimum Gasteiger partial charge on any atom is -0.493 e. The molecule has 0 aliphatic carbocycles. The highest BCUT2D eigenvalue weighted by Gasteiger charge is 2.13. The second-order valence-electron chi connectivity index (χ2n) is 3.92. The van der Waals surface area contributed by atoms with Gasteiger partial charge in [0.2, 0.25) is 5.95 Å². The number of para-hydroxylation sites is 1. The van der Waals surface area contributed by atoms with Gasteiger partial charge in [0.05, 0.1) is 14.2 Å². The molecule has 0 aliphatic heterocycles. The molecule has 0 amide bonds. The molecule has 0 spiro atoms. The van der Waals surface area contributed by atoms with Gasteiger partial charge in [0.25, 0.3) is 5.56 Å². The zero-order valence-corrected chi connectivity index (χ0v) is 11.1. The third kappa shape index (κ3) is 2.69. The van der Waals surface area contributed by atoms with Gasteiger partial charge in [-0.1, -0.05) is 12.1 Å². The average molecular weight is 277 g/mol. The Balaban J connectivity index is 2.37. The van der Waals surface area contributed by atoms with Gasteiger partial charge in [-0.15, -0.1) is 10.2 Å². The molecule has 1 aromatic carbocycles. The number of nitrogen functional groups attached to an aromatic ring is 1. The Morgan fingerprint density at radius 2 is 2.10 bits per heavy atom. The van der Waals surface area contributed by atoms with Crippen LogP contribution >= 0.6 is 0 Å². The molecule has 0 unspecified atom stereocenters. The Morgan fingerprint density at radius 1 is 1.30 bits per heavy atom. The first-order valence-electron chi connectivity index (χ1n) is 5.82. The van der Waals surface area contributed by atoms with Gasteiger partial charge >= 0.3 is 0 Å². The molecule has 2 aromatic rings. The lowest BCUT2D eigenvalue weighted by Gasteiger charge is -2.11. The number of anilines is 1. The maximum atomic E-state index is 11.8. The second-order valence-corrected chi connectivity index (χ2v) is 3.92. The summed E-state index contributed by atoms with van der Waals surface area (Å²) in [6, 6.07) is 5.42. The number of aromatic amines is 1. The molecule has 0 atom stereocenters. The highest BCUT2D eigenvalue weighted by atomic mass is 16.5. The fraction of sp³-hybridized carbons (Fsp3) is 0.250. The molecular formula is C12H15N5O3. The molecule has 0 fully saturated rings. The van der Waals surface area contributed by atoms with Crippen LogP contribution in [0.25, 0.3) is 0 Å². The third-order valence-electron chi connectivity index (χ3n) is 2.74. The van der Waals surface area contributed by atoms with Gasteiger partial charge in [-0.3, -0.25) is 15.2 Å². The maximum absolute atomic E-state index is 11.8. The number of hydrazine groups is 1. The van der Waals surface area contributed by atoms with Crippen LogP contribution in [-0.4, -0.2) is 29.4 Å². The van der Waals surface area contributed by atoms with E-state index in [9.17, 15) is 4.79 Å². The lowest BCUT2D eigenvalue weighted by molar-refractivity contribution is 0.352. The number of benzene rings is 1. The largest absolute Gasteiger partial charge is 0.493 e. The summed E-state index contributed by atoms with van der Waals surface area (Å²) in [5, 5.41) is 7.58. The minimum atomic E-state index is -0.363. The van der Waals surface area contributed by atoms with E-state index in [1.54, 1.807) is 20.3 Å². The summed E-state index contributed by atoms with van der Waals surface area (Å²) in [7, 11) is 3.09. The van der Waals surface area contributed by atoms with Crippen molar-refractivity contribution in [2.45, 2.75) is 6.42 Å². The van der Waals surface area contributed by atoms with E-state index in [2.05, 4.69) is 20.6 Å². The molecule has 0 radical (unpaired) electrons. The van der Waals surface area contributed by atoms with Crippen molar-refractivity contribution >= 4 is 5.95 Å². The van der Waals surface area contributed by atoms with E-state index in [-0.39, 0.29) is 23.6 Å². The first-order valence-corrected chi connectivity index (χ1v) is 5.82. The fourth-order valence-corrected chi connectivity index (χ4v) is 1.81. The number of nitrogens with one attached hydrogen (secondary N) is 2. The molecule has 20 heavy (non-hydrogen) atoms. The van der Waals surface area contributed by atoms with Crippen LogP contribution in [0.1, 0.15) is 11.3 Å². The first kappa shape index (κ1) is 13.8. The normalized spacial score (nSPS) is 10.2. The molecule has 0 saturated carbocycles. The molecule has 0 bridgehead atoms. The molecule has 0 aliphatic rings. The number of hydrogen-bond acceptors (Lipinski definition) is 7. The fourth-order valence-electron chi connectivity index (χ4n) is 1.81. The van der Waals surface area contributed by atoms with Gasteiger partial charge < -0.3 is 9.47 Å². The van der Waals surface area contributed by atoms with Gasteiger partial charge in [-0.2, -0.15) is 0 Å². The Morgan fingerprint density at radius 3 is 2.70 bits per heavy atom. The number of nitrogens with zero attached hydrogens (tertiary/aromatic N) is 2. The zero-order chi connectivity index (χ0) is 14.5. The van der Waals surface area contributed by atoms with Crippen molar-refractivity contribution in [2.24, 2.45) is 5.84 Å². The van der Waals surface area contributed by atoms with Crippen LogP contribution in [0.5, 0.6) is 11.5 Å². The summed E-state index contributed by atoms with van der Waals surface area (Å²) in [5.41, 5.74) is 2.90. The summed E-state index contributed by atoms with van der Waals surface area (Å²) >= 11 is 0. The van der Waals surface area contributed by atoms with E-state index in [1.807, 2.05) is 12.1 Å².